The fraction of sp³-hybridized carbons (Fsp3) is 1.00. The first-order valence-electron chi connectivity index (χ1n) is 9.32. The van der Waals surface area contributed by atoms with Crippen LogP contribution in [0.2, 0.25) is 0 Å². The molecule has 2 heteroatoms. The quantitative estimate of drug-likeness (QED) is 0.824. The molecule has 0 bridgehead atoms. The summed E-state index contributed by atoms with van der Waals surface area (Å²) in [6.45, 7) is 15.6. The molecule has 21 heavy (non-hydrogen) atoms. The van der Waals surface area contributed by atoms with Crippen molar-refractivity contribution in [1.82, 2.24) is 10.2 Å². The minimum absolute atomic E-state index is 0.322. The van der Waals surface area contributed by atoms with Crippen LogP contribution in [0.4, 0.5) is 0 Å². The third-order valence-electron chi connectivity index (χ3n) is 5.88. The Bertz CT molecular complexity index is 314. The maximum Gasteiger partial charge on any atom is 0.0278 e. The van der Waals surface area contributed by atoms with Crippen molar-refractivity contribution < 1.29 is 0 Å². The molecule has 2 rings (SSSR count). The third-order valence-corrected chi connectivity index (χ3v) is 5.88. The first-order chi connectivity index (χ1) is 9.83. The zero-order chi connectivity index (χ0) is 15.5. The smallest absolute Gasteiger partial charge is 0.0278 e. The number of rotatable bonds is 4. The Morgan fingerprint density at radius 3 is 2.38 bits per heavy atom. The lowest BCUT2D eigenvalue weighted by atomic mass is 9.80. The average molecular weight is 295 g/mol. The summed E-state index contributed by atoms with van der Waals surface area (Å²) in [5, 5.41) is 3.88. The summed E-state index contributed by atoms with van der Waals surface area (Å²) >= 11 is 0. The monoisotopic (exact) mass is 294 g/mol. The number of piperazine rings is 1. The van der Waals surface area contributed by atoms with E-state index in [1.54, 1.807) is 0 Å². The van der Waals surface area contributed by atoms with E-state index in [1.807, 2.05) is 0 Å². The number of nitrogens with one attached hydrogen (secondary N) is 1. The van der Waals surface area contributed by atoms with Gasteiger partial charge in [0.05, 0.1) is 0 Å². The van der Waals surface area contributed by atoms with Crippen molar-refractivity contribution in [1.29, 1.82) is 0 Å². The SMILES string of the molecule is CCC1(C)CN(CCC(C)(C)C)C(C2CCCCC2)CN1. The van der Waals surface area contributed by atoms with E-state index in [2.05, 4.69) is 44.8 Å². The van der Waals surface area contributed by atoms with Gasteiger partial charge in [-0.1, -0.05) is 47.0 Å². The van der Waals surface area contributed by atoms with E-state index in [-0.39, 0.29) is 0 Å². The van der Waals surface area contributed by atoms with Gasteiger partial charge in [-0.25, -0.2) is 0 Å². The number of hydrogen-bond donors (Lipinski definition) is 1. The van der Waals surface area contributed by atoms with Gasteiger partial charge in [-0.2, -0.15) is 0 Å². The fourth-order valence-corrected chi connectivity index (χ4v) is 4.05. The lowest BCUT2D eigenvalue weighted by Gasteiger charge is -2.50. The summed E-state index contributed by atoms with van der Waals surface area (Å²) < 4.78 is 0. The molecule has 2 fully saturated rings. The Morgan fingerprint density at radius 2 is 1.81 bits per heavy atom. The molecule has 1 heterocycles. The van der Waals surface area contributed by atoms with Crippen molar-refractivity contribution in [3.05, 3.63) is 0 Å². The average Bonchev–Trinajstić information content (AvgIpc) is 2.45. The molecule has 2 nitrogen and oxygen atoms in total. The van der Waals surface area contributed by atoms with Crippen molar-refractivity contribution in [2.45, 2.75) is 91.1 Å². The molecule has 0 spiro atoms. The first-order valence-corrected chi connectivity index (χ1v) is 9.32. The van der Waals surface area contributed by atoms with E-state index in [9.17, 15) is 0 Å². The van der Waals surface area contributed by atoms with Crippen LogP contribution < -0.4 is 5.32 Å². The molecule has 0 amide bonds. The summed E-state index contributed by atoms with van der Waals surface area (Å²) in [6, 6.07) is 0.785. The maximum absolute atomic E-state index is 3.88. The second-order valence-corrected chi connectivity index (χ2v) is 9.04. The van der Waals surface area contributed by atoms with Crippen LogP contribution in [0.25, 0.3) is 0 Å². The normalized spacial score (nSPS) is 33.3. The minimum Gasteiger partial charge on any atom is -0.309 e. The van der Waals surface area contributed by atoms with Crippen LogP contribution in [0.5, 0.6) is 0 Å². The third kappa shape index (κ3) is 4.96. The zero-order valence-electron chi connectivity index (χ0n) is 15.2. The first kappa shape index (κ1) is 17.3. The van der Waals surface area contributed by atoms with Crippen molar-refractivity contribution >= 4 is 0 Å². The van der Waals surface area contributed by atoms with Gasteiger partial charge in [0.2, 0.25) is 0 Å². The Balaban J connectivity index is 2.02. The molecule has 124 valence electrons. The molecule has 0 radical (unpaired) electrons. The van der Waals surface area contributed by atoms with E-state index >= 15 is 0 Å². The van der Waals surface area contributed by atoms with Gasteiger partial charge in [-0.15, -0.1) is 0 Å². The molecule has 1 N–H and O–H groups in total. The number of nitrogens with zero attached hydrogens (tertiary/aromatic N) is 1. The summed E-state index contributed by atoms with van der Waals surface area (Å²) in [5.74, 6) is 0.938. The van der Waals surface area contributed by atoms with Gasteiger partial charge >= 0.3 is 0 Å². The molecular formula is C19H38N2. The molecule has 1 saturated carbocycles. The molecule has 1 aliphatic carbocycles. The fourth-order valence-electron chi connectivity index (χ4n) is 4.05. The zero-order valence-corrected chi connectivity index (χ0v) is 15.2. The highest BCUT2D eigenvalue weighted by atomic mass is 15.3. The van der Waals surface area contributed by atoms with Crippen molar-refractivity contribution in [2.24, 2.45) is 11.3 Å². The molecule has 0 aromatic rings. The Labute approximate surface area is 133 Å². The number of hydrogen-bond acceptors (Lipinski definition) is 2. The molecule has 0 aromatic carbocycles. The second-order valence-electron chi connectivity index (χ2n) is 9.04. The molecule has 1 saturated heterocycles. The van der Waals surface area contributed by atoms with Gasteiger partial charge in [0.25, 0.3) is 0 Å². The van der Waals surface area contributed by atoms with Gasteiger partial charge in [0.15, 0.2) is 0 Å². The maximum atomic E-state index is 3.88. The topological polar surface area (TPSA) is 15.3 Å². The van der Waals surface area contributed by atoms with Crippen molar-refractivity contribution in [3.8, 4) is 0 Å². The van der Waals surface area contributed by atoms with Crippen LogP contribution >= 0.6 is 0 Å². The predicted molar refractivity (Wildman–Crippen MR) is 92.7 cm³/mol. The second kappa shape index (κ2) is 7.00. The van der Waals surface area contributed by atoms with Gasteiger partial charge in [0.1, 0.15) is 0 Å². The summed E-state index contributed by atoms with van der Waals surface area (Å²) in [7, 11) is 0. The van der Waals surface area contributed by atoms with E-state index in [4.69, 9.17) is 0 Å². The molecule has 2 aliphatic rings. The van der Waals surface area contributed by atoms with E-state index < -0.39 is 0 Å². The van der Waals surface area contributed by atoms with Crippen LogP contribution in [0, 0.1) is 11.3 Å². The molecular weight excluding hydrogens is 256 g/mol. The van der Waals surface area contributed by atoms with Crippen LogP contribution in [0.15, 0.2) is 0 Å². The molecule has 1 aliphatic heterocycles. The standard InChI is InChI=1S/C19H38N2/c1-6-19(5)15-21(13-12-18(2,3)4)17(14-20-19)16-10-8-7-9-11-16/h16-17,20H,6-15H2,1-5H3. The Kier molecular flexibility index (Phi) is 5.76. The van der Waals surface area contributed by atoms with Crippen molar-refractivity contribution in [2.75, 3.05) is 19.6 Å². The minimum atomic E-state index is 0.322. The van der Waals surface area contributed by atoms with Crippen LogP contribution in [0.3, 0.4) is 0 Å². The van der Waals surface area contributed by atoms with Crippen molar-refractivity contribution in [3.63, 3.8) is 0 Å². The van der Waals surface area contributed by atoms with Crippen LogP contribution in [0.1, 0.15) is 79.6 Å². The Hall–Kier alpha value is -0.0800. The summed E-state index contributed by atoms with van der Waals surface area (Å²) in [4.78, 5) is 2.85. The lowest BCUT2D eigenvalue weighted by Crippen LogP contribution is -2.64. The lowest BCUT2D eigenvalue weighted by molar-refractivity contribution is 0.0333. The van der Waals surface area contributed by atoms with Gasteiger partial charge in [0, 0.05) is 24.7 Å². The van der Waals surface area contributed by atoms with Gasteiger partial charge < -0.3 is 5.32 Å². The van der Waals surface area contributed by atoms with Crippen LogP contribution in [-0.2, 0) is 0 Å². The molecule has 2 atom stereocenters. The highest BCUT2D eigenvalue weighted by Crippen LogP contribution is 2.33. The largest absolute Gasteiger partial charge is 0.309 e. The summed E-state index contributed by atoms with van der Waals surface area (Å²) in [5.41, 5.74) is 0.771. The van der Waals surface area contributed by atoms with Gasteiger partial charge in [-0.05, 0) is 50.5 Å². The Morgan fingerprint density at radius 1 is 1.14 bits per heavy atom. The summed E-state index contributed by atoms with van der Waals surface area (Å²) in [6.07, 6.45) is 9.85. The highest BCUT2D eigenvalue weighted by molar-refractivity contribution is 4.97. The van der Waals surface area contributed by atoms with E-state index in [1.165, 1.54) is 64.6 Å². The molecule has 2 unspecified atom stereocenters. The van der Waals surface area contributed by atoms with Gasteiger partial charge in [-0.3, -0.25) is 4.90 Å². The van der Waals surface area contributed by atoms with Crippen LogP contribution in [-0.4, -0.2) is 36.1 Å². The van der Waals surface area contributed by atoms with E-state index in [0.717, 1.165) is 12.0 Å². The molecule has 0 aromatic heterocycles. The van der Waals surface area contributed by atoms with E-state index in [0.29, 0.717) is 11.0 Å². The predicted octanol–water partition coefficient (Wildman–Crippen LogP) is 4.45. The highest BCUT2D eigenvalue weighted by Gasteiger charge is 2.38.